The van der Waals surface area contributed by atoms with Crippen LogP contribution >= 0.6 is 0 Å². The molecule has 0 spiro atoms. The van der Waals surface area contributed by atoms with Crippen molar-refractivity contribution in [3.8, 4) is 0 Å². The highest BCUT2D eigenvalue weighted by molar-refractivity contribution is 5.82. The Morgan fingerprint density at radius 2 is 1.69 bits per heavy atom. The van der Waals surface area contributed by atoms with Crippen molar-refractivity contribution in [2.75, 3.05) is 39.8 Å². The highest BCUT2D eigenvalue weighted by atomic mass is 16.2. The molecule has 5 heteroatoms. The Hall–Kier alpha value is -1.43. The van der Waals surface area contributed by atoms with E-state index in [9.17, 15) is 4.79 Å². The molecule has 2 heterocycles. The minimum atomic E-state index is 0.0259. The van der Waals surface area contributed by atoms with Crippen molar-refractivity contribution in [1.82, 2.24) is 20.0 Å². The summed E-state index contributed by atoms with van der Waals surface area (Å²) < 4.78 is 0. The molecule has 5 nitrogen and oxygen atoms in total. The number of carbonyl (C=O) groups excluding carboxylic acids is 1. The molecule has 0 bridgehead atoms. The van der Waals surface area contributed by atoms with Crippen LogP contribution in [0.2, 0.25) is 0 Å². The van der Waals surface area contributed by atoms with Crippen LogP contribution in [0.3, 0.4) is 0 Å². The van der Waals surface area contributed by atoms with E-state index in [2.05, 4.69) is 60.3 Å². The van der Waals surface area contributed by atoms with Gasteiger partial charge < -0.3 is 15.1 Å². The van der Waals surface area contributed by atoms with E-state index in [1.807, 2.05) is 4.90 Å². The first-order valence-electron chi connectivity index (χ1n) is 11.6. The highest BCUT2D eigenvalue weighted by Crippen LogP contribution is 2.32. The van der Waals surface area contributed by atoms with Crippen LogP contribution in [-0.4, -0.2) is 84.5 Å². The molecule has 1 aromatic rings. The van der Waals surface area contributed by atoms with Gasteiger partial charge in [-0.1, -0.05) is 24.3 Å². The van der Waals surface area contributed by atoms with E-state index in [1.54, 1.807) is 0 Å². The predicted molar refractivity (Wildman–Crippen MR) is 118 cm³/mol. The van der Waals surface area contributed by atoms with Gasteiger partial charge in [0.15, 0.2) is 0 Å². The second kappa shape index (κ2) is 9.15. The van der Waals surface area contributed by atoms with Crippen molar-refractivity contribution >= 4 is 5.91 Å². The highest BCUT2D eigenvalue weighted by Gasteiger charge is 2.43. The van der Waals surface area contributed by atoms with E-state index in [0.717, 1.165) is 38.9 Å². The fraction of sp³-hybridized carbons (Fsp3) is 0.708. The molecular weight excluding hydrogens is 360 g/mol. The number of benzene rings is 1. The van der Waals surface area contributed by atoms with Crippen LogP contribution in [0.5, 0.6) is 0 Å². The Bertz CT molecular complexity index is 671. The zero-order valence-electron chi connectivity index (χ0n) is 18.4. The summed E-state index contributed by atoms with van der Waals surface area (Å²) in [5.74, 6) is 0.332. The largest absolute Gasteiger partial charge is 0.342 e. The first kappa shape index (κ1) is 20.8. The minimum absolute atomic E-state index is 0.0259. The molecule has 3 aliphatic rings. The van der Waals surface area contributed by atoms with Crippen LogP contribution in [0, 0.1) is 0 Å². The zero-order valence-corrected chi connectivity index (χ0v) is 18.4. The van der Waals surface area contributed by atoms with Crippen molar-refractivity contribution in [1.29, 1.82) is 0 Å². The van der Waals surface area contributed by atoms with E-state index >= 15 is 0 Å². The predicted octanol–water partition coefficient (Wildman–Crippen LogP) is 2.15. The molecule has 1 aromatic carbocycles. The van der Waals surface area contributed by atoms with Crippen molar-refractivity contribution in [3.05, 3.63) is 35.4 Å². The molecular formula is C24H38N4O. The number of amides is 1. The van der Waals surface area contributed by atoms with Gasteiger partial charge in [0.2, 0.25) is 5.91 Å². The average molecular weight is 399 g/mol. The summed E-state index contributed by atoms with van der Waals surface area (Å²) in [5.41, 5.74) is 2.94. The van der Waals surface area contributed by atoms with Gasteiger partial charge in [0.05, 0.1) is 6.04 Å². The van der Waals surface area contributed by atoms with Crippen molar-refractivity contribution in [3.63, 3.8) is 0 Å². The van der Waals surface area contributed by atoms with Gasteiger partial charge in [-0.25, -0.2) is 0 Å². The van der Waals surface area contributed by atoms with E-state index in [4.69, 9.17) is 0 Å². The molecule has 160 valence electrons. The quantitative estimate of drug-likeness (QED) is 0.797. The van der Waals surface area contributed by atoms with Gasteiger partial charge in [-0.15, -0.1) is 0 Å². The zero-order chi connectivity index (χ0) is 20.4. The van der Waals surface area contributed by atoms with Gasteiger partial charge in [-0.3, -0.25) is 9.69 Å². The van der Waals surface area contributed by atoms with Crippen molar-refractivity contribution < 1.29 is 4.79 Å². The first-order chi connectivity index (χ1) is 14.1. The Balaban J connectivity index is 1.47. The summed E-state index contributed by atoms with van der Waals surface area (Å²) in [5, 5.41) is 3.93. The number of likely N-dealkylation sites (N-methyl/N-ethyl adjacent to an activating group) is 1. The molecule has 1 aliphatic carbocycles. The fourth-order valence-electron chi connectivity index (χ4n) is 5.65. The lowest BCUT2D eigenvalue weighted by Crippen LogP contribution is -2.49. The van der Waals surface area contributed by atoms with Gasteiger partial charge >= 0.3 is 0 Å². The molecule has 0 saturated carbocycles. The number of piperidine rings is 1. The van der Waals surface area contributed by atoms with E-state index in [-0.39, 0.29) is 6.04 Å². The number of hydrogen-bond acceptors (Lipinski definition) is 4. The van der Waals surface area contributed by atoms with Gasteiger partial charge in [-0.05, 0) is 77.2 Å². The Labute approximate surface area is 176 Å². The third kappa shape index (κ3) is 4.52. The summed E-state index contributed by atoms with van der Waals surface area (Å²) >= 11 is 0. The maximum absolute atomic E-state index is 13.4. The average Bonchev–Trinajstić information content (AvgIpc) is 3.34. The lowest BCUT2D eigenvalue weighted by atomic mass is 10.0. The molecule has 2 saturated heterocycles. The topological polar surface area (TPSA) is 38.8 Å². The van der Waals surface area contributed by atoms with Crippen LogP contribution < -0.4 is 5.32 Å². The standard InChI is InChI=1S/C24H38N4O/c1-4-27(5-2)24(29)23-16-21(25-20-10-12-26(3)13-11-20)17-28(23)22-14-18-8-6-7-9-19(18)15-22/h6-9,20-23,25H,4-5,10-17H2,1-3H3/t21-,23+/m1/s1. The van der Waals surface area contributed by atoms with Gasteiger partial charge in [0, 0.05) is 37.8 Å². The summed E-state index contributed by atoms with van der Waals surface area (Å²) in [4.78, 5) is 20.4. The number of nitrogens with one attached hydrogen (secondary N) is 1. The second-order valence-electron chi connectivity index (χ2n) is 9.23. The summed E-state index contributed by atoms with van der Waals surface area (Å²) in [6.45, 7) is 9.15. The summed E-state index contributed by atoms with van der Waals surface area (Å²) in [7, 11) is 2.21. The smallest absolute Gasteiger partial charge is 0.239 e. The molecule has 2 fully saturated rings. The monoisotopic (exact) mass is 398 g/mol. The second-order valence-corrected chi connectivity index (χ2v) is 9.23. The number of hydrogen-bond donors (Lipinski definition) is 1. The molecule has 1 N–H and O–H groups in total. The van der Waals surface area contributed by atoms with Crippen LogP contribution in [-0.2, 0) is 17.6 Å². The third-order valence-electron chi connectivity index (χ3n) is 7.39. The summed E-state index contributed by atoms with van der Waals surface area (Å²) in [6, 6.07) is 10.3. The van der Waals surface area contributed by atoms with E-state index < -0.39 is 0 Å². The molecule has 0 unspecified atom stereocenters. The van der Waals surface area contributed by atoms with Gasteiger partial charge in [0.1, 0.15) is 0 Å². The fourth-order valence-corrected chi connectivity index (χ4v) is 5.65. The number of likely N-dealkylation sites (tertiary alicyclic amines) is 2. The lowest BCUT2D eigenvalue weighted by molar-refractivity contribution is -0.136. The number of rotatable bonds is 6. The third-order valence-corrected chi connectivity index (χ3v) is 7.39. The molecule has 4 rings (SSSR count). The van der Waals surface area contributed by atoms with E-state index in [1.165, 1.54) is 37.1 Å². The first-order valence-corrected chi connectivity index (χ1v) is 11.6. The van der Waals surface area contributed by atoms with Crippen LogP contribution in [0.1, 0.15) is 44.2 Å². The molecule has 2 aliphatic heterocycles. The number of nitrogens with zero attached hydrogens (tertiary/aromatic N) is 3. The van der Waals surface area contributed by atoms with Gasteiger partial charge in [-0.2, -0.15) is 0 Å². The van der Waals surface area contributed by atoms with Crippen molar-refractivity contribution in [2.24, 2.45) is 0 Å². The maximum atomic E-state index is 13.4. The maximum Gasteiger partial charge on any atom is 0.239 e. The van der Waals surface area contributed by atoms with Crippen LogP contribution in [0.25, 0.3) is 0 Å². The molecule has 0 radical (unpaired) electrons. The molecule has 2 atom stereocenters. The number of carbonyl (C=O) groups is 1. The van der Waals surface area contributed by atoms with E-state index in [0.29, 0.717) is 24.0 Å². The number of fused-ring (bicyclic) bond motifs is 1. The Morgan fingerprint density at radius 1 is 1.07 bits per heavy atom. The Morgan fingerprint density at radius 3 is 2.28 bits per heavy atom. The minimum Gasteiger partial charge on any atom is -0.342 e. The Kier molecular flexibility index (Phi) is 6.57. The molecule has 0 aromatic heterocycles. The van der Waals surface area contributed by atoms with Crippen LogP contribution in [0.4, 0.5) is 0 Å². The lowest BCUT2D eigenvalue weighted by Gasteiger charge is -2.33. The van der Waals surface area contributed by atoms with Crippen molar-refractivity contribution in [2.45, 2.75) is 70.1 Å². The SMILES string of the molecule is CCN(CC)C(=O)[C@@H]1C[C@@H](NC2CCN(C)CC2)CN1C1Cc2ccccc2C1. The van der Waals surface area contributed by atoms with Gasteiger partial charge in [0.25, 0.3) is 0 Å². The normalized spacial score (nSPS) is 26.7. The molecule has 1 amide bonds. The van der Waals surface area contributed by atoms with Crippen LogP contribution in [0.15, 0.2) is 24.3 Å². The summed E-state index contributed by atoms with van der Waals surface area (Å²) in [6.07, 6.45) is 5.56. The molecule has 29 heavy (non-hydrogen) atoms.